The predicted octanol–water partition coefficient (Wildman–Crippen LogP) is 5.73. The summed E-state index contributed by atoms with van der Waals surface area (Å²) < 4.78 is 5.47. The summed E-state index contributed by atoms with van der Waals surface area (Å²) in [6, 6.07) is 18.2. The van der Waals surface area contributed by atoms with Crippen molar-refractivity contribution in [3.05, 3.63) is 107 Å². The molecule has 1 N–H and O–H groups in total. The van der Waals surface area contributed by atoms with E-state index in [0.717, 1.165) is 22.0 Å². The maximum atomic E-state index is 13.5. The second kappa shape index (κ2) is 10.3. The average molecular weight is 506 g/mol. The van der Waals surface area contributed by atoms with E-state index < -0.39 is 0 Å². The van der Waals surface area contributed by atoms with Crippen molar-refractivity contribution in [1.29, 1.82) is 0 Å². The third kappa shape index (κ3) is 5.15. The van der Waals surface area contributed by atoms with Crippen LogP contribution in [0.1, 0.15) is 43.5 Å². The molecule has 0 fully saturated rings. The molecule has 0 bridgehead atoms. The standard InChI is InChI=1S/C30H27N5O3/c1-18-13-19(2)28-23(14-18)24(15-26(34-28)25-7-5-6-12-31-25)29(36)33-22-10-8-21(9-11-22)30(37)35(4)17-27-32-16-20(3)38-27/h5-16H,17H2,1-4H3,(H,33,36). The highest BCUT2D eigenvalue weighted by molar-refractivity contribution is 6.13. The quantitative estimate of drug-likeness (QED) is 0.316. The molecule has 8 heteroatoms. The van der Waals surface area contributed by atoms with Crippen LogP contribution in [0.15, 0.2) is 77.5 Å². The van der Waals surface area contributed by atoms with Gasteiger partial charge in [-0.15, -0.1) is 0 Å². The maximum Gasteiger partial charge on any atom is 0.256 e. The van der Waals surface area contributed by atoms with Gasteiger partial charge in [0, 0.05) is 29.9 Å². The lowest BCUT2D eigenvalue weighted by atomic mass is 10.00. The van der Waals surface area contributed by atoms with Crippen molar-refractivity contribution in [2.75, 3.05) is 12.4 Å². The fourth-order valence-electron chi connectivity index (χ4n) is 4.38. The van der Waals surface area contributed by atoms with E-state index in [0.29, 0.717) is 39.9 Å². The van der Waals surface area contributed by atoms with E-state index in [1.165, 1.54) is 4.90 Å². The van der Waals surface area contributed by atoms with Crippen LogP contribution in [0.3, 0.4) is 0 Å². The van der Waals surface area contributed by atoms with E-state index in [9.17, 15) is 9.59 Å². The number of hydrogen-bond donors (Lipinski definition) is 1. The molecule has 2 amide bonds. The predicted molar refractivity (Wildman–Crippen MR) is 146 cm³/mol. The second-order valence-electron chi connectivity index (χ2n) is 9.31. The van der Waals surface area contributed by atoms with Crippen LogP contribution in [0, 0.1) is 20.8 Å². The van der Waals surface area contributed by atoms with Crippen LogP contribution < -0.4 is 5.32 Å². The molecule has 5 aromatic rings. The van der Waals surface area contributed by atoms with E-state index in [4.69, 9.17) is 9.40 Å². The summed E-state index contributed by atoms with van der Waals surface area (Å²) in [7, 11) is 1.69. The number of amides is 2. The Balaban J connectivity index is 1.40. The highest BCUT2D eigenvalue weighted by Crippen LogP contribution is 2.28. The Labute approximate surface area is 220 Å². The summed E-state index contributed by atoms with van der Waals surface area (Å²) in [5.74, 6) is 0.725. The third-order valence-electron chi connectivity index (χ3n) is 6.20. The molecule has 2 aromatic carbocycles. The molecule has 3 heterocycles. The van der Waals surface area contributed by atoms with Gasteiger partial charge < -0.3 is 14.6 Å². The van der Waals surface area contributed by atoms with Crippen LogP contribution in [-0.4, -0.2) is 38.7 Å². The number of hydrogen-bond acceptors (Lipinski definition) is 6. The number of aryl methyl sites for hydroxylation is 3. The Morgan fingerprint density at radius 2 is 1.74 bits per heavy atom. The molecule has 3 aromatic heterocycles. The van der Waals surface area contributed by atoms with Crippen molar-refractivity contribution in [1.82, 2.24) is 19.9 Å². The fourth-order valence-corrected chi connectivity index (χ4v) is 4.38. The van der Waals surface area contributed by atoms with E-state index in [1.54, 1.807) is 49.8 Å². The summed E-state index contributed by atoms with van der Waals surface area (Å²) >= 11 is 0. The van der Waals surface area contributed by atoms with Crippen LogP contribution in [-0.2, 0) is 6.54 Å². The first kappa shape index (κ1) is 24.8. The molecule has 0 saturated carbocycles. The van der Waals surface area contributed by atoms with Crippen molar-refractivity contribution >= 4 is 28.4 Å². The molecule has 5 rings (SSSR count). The molecule has 0 aliphatic rings. The average Bonchev–Trinajstić information content (AvgIpc) is 3.32. The number of aromatic nitrogens is 3. The van der Waals surface area contributed by atoms with Crippen LogP contribution in [0.4, 0.5) is 5.69 Å². The first-order valence-corrected chi connectivity index (χ1v) is 12.2. The van der Waals surface area contributed by atoms with Gasteiger partial charge in [-0.25, -0.2) is 9.97 Å². The first-order chi connectivity index (χ1) is 18.3. The van der Waals surface area contributed by atoms with Crippen molar-refractivity contribution in [2.24, 2.45) is 0 Å². The Kier molecular flexibility index (Phi) is 6.70. The van der Waals surface area contributed by atoms with Crippen LogP contribution in [0.5, 0.6) is 0 Å². The lowest BCUT2D eigenvalue weighted by Crippen LogP contribution is -2.26. The molecule has 0 aliphatic carbocycles. The topological polar surface area (TPSA) is 101 Å². The Bertz CT molecular complexity index is 1640. The highest BCUT2D eigenvalue weighted by atomic mass is 16.4. The number of benzene rings is 2. The van der Waals surface area contributed by atoms with Crippen molar-refractivity contribution in [3.63, 3.8) is 0 Å². The van der Waals surface area contributed by atoms with E-state index in [1.807, 2.05) is 45.0 Å². The molecule has 38 heavy (non-hydrogen) atoms. The number of fused-ring (bicyclic) bond motifs is 1. The number of rotatable bonds is 6. The van der Waals surface area contributed by atoms with Gasteiger partial charge in [-0.2, -0.15) is 0 Å². The number of pyridine rings is 2. The van der Waals surface area contributed by atoms with Gasteiger partial charge >= 0.3 is 0 Å². The number of nitrogens with zero attached hydrogens (tertiary/aromatic N) is 4. The minimum atomic E-state index is -0.268. The van der Waals surface area contributed by atoms with Gasteiger partial charge in [0.05, 0.1) is 35.2 Å². The normalized spacial score (nSPS) is 10.9. The zero-order valence-electron chi connectivity index (χ0n) is 21.6. The molecular weight excluding hydrogens is 478 g/mol. The SMILES string of the molecule is Cc1cc(C)c2nc(-c3ccccn3)cc(C(=O)Nc3ccc(C(=O)N(C)Cc4ncc(C)o4)cc3)c2c1. The Morgan fingerprint density at radius 3 is 2.42 bits per heavy atom. The van der Waals surface area contributed by atoms with Gasteiger partial charge in [-0.05, 0) is 74.9 Å². The highest BCUT2D eigenvalue weighted by Gasteiger charge is 2.18. The molecule has 8 nitrogen and oxygen atoms in total. The lowest BCUT2D eigenvalue weighted by Gasteiger charge is -2.16. The van der Waals surface area contributed by atoms with E-state index in [2.05, 4.69) is 21.4 Å². The monoisotopic (exact) mass is 505 g/mol. The second-order valence-corrected chi connectivity index (χ2v) is 9.31. The van der Waals surface area contributed by atoms with Gasteiger partial charge in [0.25, 0.3) is 11.8 Å². The van der Waals surface area contributed by atoms with Crippen molar-refractivity contribution in [2.45, 2.75) is 27.3 Å². The van der Waals surface area contributed by atoms with Crippen molar-refractivity contribution < 1.29 is 14.0 Å². The van der Waals surface area contributed by atoms with Gasteiger partial charge in [-0.1, -0.05) is 17.7 Å². The van der Waals surface area contributed by atoms with Gasteiger partial charge in [-0.3, -0.25) is 14.6 Å². The van der Waals surface area contributed by atoms with Gasteiger partial charge in [0.2, 0.25) is 5.89 Å². The molecule has 0 spiro atoms. The fraction of sp³-hybridized carbons (Fsp3) is 0.167. The summed E-state index contributed by atoms with van der Waals surface area (Å²) in [6.45, 7) is 6.05. The number of carbonyl (C=O) groups excluding carboxylic acids is 2. The summed E-state index contributed by atoms with van der Waals surface area (Å²) in [5.41, 5.74) is 5.67. The molecule has 0 unspecified atom stereocenters. The molecule has 0 radical (unpaired) electrons. The van der Waals surface area contributed by atoms with Crippen LogP contribution >= 0.6 is 0 Å². The molecule has 0 aliphatic heterocycles. The molecule has 190 valence electrons. The number of anilines is 1. The maximum absolute atomic E-state index is 13.5. The summed E-state index contributed by atoms with van der Waals surface area (Å²) in [5, 5.41) is 3.74. The Morgan fingerprint density at radius 1 is 0.947 bits per heavy atom. The largest absolute Gasteiger partial charge is 0.444 e. The third-order valence-corrected chi connectivity index (χ3v) is 6.20. The molecule has 0 atom stereocenters. The van der Waals surface area contributed by atoms with Crippen LogP contribution in [0.25, 0.3) is 22.3 Å². The number of carbonyl (C=O) groups is 2. The lowest BCUT2D eigenvalue weighted by molar-refractivity contribution is 0.0772. The molecule has 0 saturated heterocycles. The van der Waals surface area contributed by atoms with Gasteiger partial charge in [0.15, 0.2) is 0 Å². The van der Waals surface area contributed by atoms with Gasteiger partial charge in [0.1, 0.15) is 5.76 Å². The zero-order valence-corrected chi connectivity index (χ0v) is 21.6. The Hall–Kier alpha value is -4.85. The van der Waals surface area contributed by atoms with Crippen LogP contribution in [0.2, 0.25) is 0 Å². The number of nitrogens with one attached hydrogen (secondary N) is 1. The molecular formula is C30H27N5O3. The minimum Gasteiger partial charge on any atom is -0.444 e. The summed E-state index contributed by atoms with van der Waals surface area (Å²) in [6.07, 6.45) is 3.33. The van der Waals surface area contributed by atoms with E-state index >= 15 is 0 Å². The van der Waals surface area contributed by atoms with E-state index in [-0.39, 0.29) is 18.4 Å². The number of oxazole rings is 1. The smallest absolute Gasteiger partial charge is 0.256 e. The zero-order chi connectivity index (χ0) is 26.8. The first-order valence-electron chi connectivity index (χ1n) is 12.2. The summed E-state index contributed by atoms with van der Waals surface area (Å²) in [4.78, 5) is 41.3. The van der Waals surface area contributed by atoms with Crippen molar-refractivity contribution in [3.8, 4) is 11.4 Å². The minimum absolute atomic E-state index is 0.176.